The van der Waals surface area contributed by atoms with Crippen LogP contribution in [0.3, 0.4) is 0 Å². The number of rotatable bonds is 7. The molecule has 0 radical (unpaired) electrons. The maximum absolute atomic E-state index is 5.44. The molecule has 2 N–H and O–H groups in total. The van der Waals surface area contributed by atoms with Crippen molar-refractivity contribution in [2.75, 3.05) is 11.9 Å². The summed E-state index contributed by atoms with van der Waals surface area (Å²) >= 11 is 5.41. The largest absolute Gasteiger partial charge is 0.494 e. The molecule has 0 aromatic heterocycles. The lowest BCUT2D eigenvalue weighted by molar-refractivity contribution is 0.340. The van der Waals surface area contributed by atoms with Crippen LogP contribution in [0.1, 0.15) is 44.4 Å². The molecule has 0 bridgehead atoms. The topological polar surface area (TPSA) is 33.3 Å². The summed E-state index contributed by atoms with van der Waals surface area (Å²) in [4.78, 5) is 0. The first-order valence-corrected chi connectivity index (χ1v) is 8.92. The molecular formula is C20H26N2OS. The summed E-state index contributed by atoms with van der Waals surface area (Å²) in [5.74, 6) is 0.863. The van der Waals surface area contributed by atoms with Gasteiger partial charge in [0.05, 0.1) is 12.6 Å². The number of hydrogen-bond acceptors (Lipinski definition) is 2. The maximum Gasteiger partial charge on any atom is 0.171 e. The van der Waals surface area contributed by atoms with E-state index in [1.165, 1.54) is 17.5 Å². The number of aryl methyl sites for hydroxylation is 1. The van der Waals surface area contributed by atoms with Crippen molar-refractivity contribution < 1.29 is 4.74 Å². The molecule has 0 fully saturated rings. The first-order valence-electron chi connectivity index (χ1n) is 8.51. The van der Waals surface area contributed by atoms with Gasteiger partial charge >= 0.3 is 0 Å². The van der Waals surface area contributed by atoms with Gasteiger partial charge in [0.25, 0.3) is 0 Å². The van der Waals surface area contributed by atoms with E-state index in [9.17, 15) is 0 Å². The van der Waals surface area contributed by atoms with Crippen molar-refractivity contribution in [2.45, 2.75) is 39.7 Å². The Morgan fingerprint density at radius 1 is 1.04 bits per heavy atom. The molecule has 0 saturated heterocycles. The third-order valence-corrected chi connectivity index (χ3v) is 4.01. The molecule has 0 saturated carbocycles. The predicted octanol–water partition coefficient (Wildman–Crippen LogP) is 5.09. The van der Waals surface area contributed by atoms with Crippen LogP contribution in [0.25, 0.3) is 0 Å². The van der Waals surface area contributed by atoms with E-state index >= 15 is 0 Å². The summed E-state index contributed by atoms with van der Waals surface area (Å²) in [7, 11) is 0. The van der Waals surface area contributed by atoms with Crippen LogP contribution in [0.15, 0.2) is 48.5 Å². The van der Waals surface area contributed by atoms with E-state index in [0.717, 1.165) is 17.9 Å². The Balaban J connectivity index is 1.88. The molecule has 2 aromatic rings. The second kappa shape index (κ2) is 9.28. The average molecular weight is 343 g/mol. The molecule has 2 rings (SSSR count). The van der Waals surface area contributed by atoms with Crippen molar-refractivity contribution in [1.29, 1.82) is 0 Å². The standard InChI is InChI=1S/C20H26N2OS/c1-4-6-16-7-9-17(10-8-16)15(3)21-20(24)22-18-11-13-19(14-12-18)23-5-2/h7-15H,4-6H2,1-3H3,(H2,21,22,24)/t15-/m1/s1. The van der Waals surface area contributed by atoms with Crippen molar-refractivity contribution in [3.8, 4) is 5.75 Å². The minimum atomic E-state index is 0.156. The summed E-state index contributed by atoms with van der Waals surface area (Å²) in [6, 6.07) is 16.7. The van der Waals surface area contributed by atoms with Crippen LogP contribution < -0.4 is 15.4 Å². The number of hydrogen-bond donors (Lipinski definition) is 2. The summed E-state index contributed by atoms with van der Waals surface area (Å²) in [5, 5.41) is 7.15. The molecule has 0 aliphatic heterocycles. The highest BCUT2D eigenvalue weighted by Crippen LogP contribution is 2.17. The van der Waals surface area contributed by atoms with E-state index < -0.39 is 0 Å². The molecule has 0 spiro atoms. The van der Waals surface area contributed by atoms with Gasteiger partial charge in [-0.25, -0.2) is 0 Å². The summed E-state index contributed by atoms with van der Waals surface area (Å²) in [5.41, 5.74) is 3.55. The maximum atomic E-state index is 5.44. The lowest BCUT2D eigenvalue weighted by Gasteiger charge is -2.18. The van der Waals surface area contributed by atoms with E-state index in [1.54, 1.807) is 0 Å². The Morgan fingerprint density at radius 2 is 1.71 bits per heavy atom. The molecule has 0 heterocycles. The second-order valence-electron chi connectivity index (χ2n) is 5.77. The van der Waals surface area contributed by atoms with Gasteiger partial charge in [-0.2, -0.15) is 0 Å². The van der Waals surface area contributed by atoms with Gasteiger partial charge in [-0.15, -0.1) is 0 Å². The fourth-order valence-corrected chi connectivity index (χ4v) is 2.80. The fourth-order valence-electron chi connectivity index (χ4n) is 2.51. The Bertz CT molecular complexity index is 638. The highest BCUT2D eigenvalue weighted by atomic mass is 32.1. The van der Waals surface area contributed by atoms with E-state index in [4.69, 9.17) is 17.0 Å². The molecule has 1 atom stereocenters. The van der Waals surface area contributed by atoms with Crippen molar-refractivity contribution in [2.24, 2.45) is 0 Å². The number of nitrogens with one attached hydrogen (secondary N) is 2. The van der Waals surface area contributed by atoms with Crippen LogP contribution in [-0.4, -0.2) is 11.7 Å². The summed E-state index contributed by atoms with van der Waals surface area (Å²) in [6.07, 6.45) is 2.29. The Labute approximate surface area is 150 Å². The molecule has 2 aromatic carbocycles. The molecular weight excluding hydrogens is 316 g/mol. The Morgan fingerprint density at radius 3 is 2.29 bits per heavy atom. The third-order valence-electron chi connectivity index (χ3n) is 3.79. The zero-order chi connectivity index (χ0) is 17.4. The lowest BCUT2D eigenvalue weighted by Crippen LogP contribution is -2.30. The average Bonchev–Trinajstić information content (AvgIpc) is 2.58. The van der Waals surface area contributed by atoms with Gasteiger partial charge in [0.15, 0.2) is 5.11 Å². The third kappa shape index (κ3) is 5.53. The van der Waals surface area contributed by atoms with Gasteiger partial charge in [0.2, 0.25) is 0 Å². The SMILES string of the molecule is CCCc1ccc([C@@H](C)NC(=S)Nc2ccc(OCC)cc2)cc1. The van der Waals surface area contributed by atoms with Crippen LogP contribution in [0.2, 0.25) is 0 Å². The Kier molecular flexibility index (Phi) is 7.07. The summed E-state index contributed by atoms with van der Waals surface area (Å²) in [6.45, 7) is 6.95. The van der Waals surface area contributed by atoms with Crippen molar-refractivity contribution in [3.05, 3.63) is 59.7 Å². The Hall–Kier alpha value is -2.07. The number of anilines is 1. The van der Waals surface area contributed by atoms with E-state index in [0.29, 0.717) is 11.7 Å². The van der Waals surface area contributed by atoms with Gasteiger partial charge < -0.3 is 15.4 Å². The van der Waals surface area contributed by atoms with Crippen molar-refractivity contribution in [1.82, 2.24) is 5.32 Å². The normalized spacial score (nSPS) is 11.6. The van der Waals surface area contributed by atoms with Gasteiger partial charge in [0.1, 0.15) is 5.75 Å². The number of benzene rings is 2. The first-order chi connectivity index (χ1) is 11.6. The second-order valence-corrected chi connectivity index (χ2v) is 6.18. The van der Waals surface area contributed by atoms with E-state index in [1.807, 2.05) is 31.2 Å². The molecule has 4 heteroatoms. The van der Waals surface area contributed by atoms with Crippen LogP contribution >= 0.6 is 12.2 Å². The molecule has 0 aliphatic carbocycles. The highest BCUT2D eigenvalue weighted by Gasteiger charge is 2.07. The van der Waals surface area contributed by atoms with Crippen LogP contribution in [-0.2, 0) is 6.42 Å². The van der Waals surface area contributed by atoms with Crippen molar-refractivity contribution in [3.63, 3.8) is 0 Å². The zero-order valence-electron chi connectivity index (χ0n) is 14.6. The monoisotopic (exact) mass is 342 g/mol. The van der Waals surface area contributed by atoms with Crippen LogP contribution in [0, 0.1) is 0 Å². The van der Waals surface area contributed by atoms with Crippen molar-refractivity contribution >= 4 is 23.0 Å². The minimum Gasteiger partial charge on any atom is -0.494 e. The smallest absolute Gasteiger partial charge is 0.171 e. The molecule has 24 heavy (non-hydrogen) atoms. The quantitative estimate of drug-likeness (QED) is 0.687. The molecule has 0 unspecified atom stereocenters. The van der Waals surface area contributed by atoms with Gasteiger partial charge in [0, 0.05) is 5.69 Å². The van der Waals surface area contributed by atoms with Gasteiger partial charge in [-0.3, -0.25) is 0 Å². The van der Waals surface area contributed by atoms with Crippen LogP contribution in [0.4, 0.5) is 5.69 Å². The first kappa shape index (κ1) is 18.3. The zero-order valence-corrected chi connectivity index (χ0v) is 15.5. The van der Waals surface area contributed by atoms with E-state index in [-0.39, 0.29) is 6.04 Å². The van der Waals surface area contributed by atoms with Crippen LogP contribution in [0.5, 0.6) is 5.75 Å². The summed E-state index contributed by atoms with van der Waals surface area (Å²) < 4.78 is 5.44. The predicted molar refractivity (Wildman–Crippen MR) is 106 cm³/mol. The minimum absolute atomic E-state index is 0.156. The van der Waals surface area contributed by atoms with E-state index in [2.05, 4.69) is 48.7 Å². The lowest BCUT2D eigenvalue weighted by atomic mass is 10.0. The fraction of sp³-hybridized carbons (Fsp3) is 0.350. The molecule has 0 amide bonds. The molecule has 3 nitrogen and oxygen atoms in total. The number of ether oxygens (including phenoxy) is 1. The number of thiocarbonyl (C=S) groups is 1. The molecule has 128 valence electrons. The van der Waals surface area contributed by atoms with Gasteiger partial charge in [-0.1, -0.05) is 37.6 Å². The molecule has 0 aliphatic rings. The highest BCUT2D eigenvalue weighted by molar-refractivity contribution is 7.80. The van der Waals surface area contributed by atoms with Gasteiger partial charge in [-0.05, 0) is 67.9 Å².